The van der Waals surface area contributed by atoms with Crippen molar-refractivity contribution in [3.8, 4) is 28.6 Å². The molecule has 0 aliphatic carbocycles. The van der Waals surface area contributed by atoms with Crippen molar-refractivity contribution in [1.29, 1.82) is 5.26 Å². The van der Waals surface area contributed by atoms with Crippen LogP contribution in [-0.4, -0.2) is 35.5 Å². The molecule has 8 nitrogen and oxygen atoms in total. The number of aromatic nitrogens is 6. The second kappa shape index (κ2) is 14.8. The van der Waals surface area contributed by atoms with Crippen molar-refractivity contribution in [2.45, 2.75) is 45.7 Å². The van der Waals surface area contributed by atoms with E-state index in [9.17, 15) is 10.1 Å². The van der Waals surface area contributed by atoms with E-state index in [0.717, 1.165) is 51.2 Å². The Kier molecular flexibility index (Phi) is 9.68. The minimum Gasteiger partial charge on any atom is -0.320 e. The molecular weight excluding hydrogens is 643 g/mol. The molecule has 0 bridgehead atoms. The zero-order chi connectivity index (χ0) is 36.1. The number of ketones is 1. The molecule has 0 saturated heterocycles. The van der Waals surface area contributed by atoms with Gasteiger partial charge in [0.1, 0.15) is 23.1 Å². The van der Waals surface area contributed by atoms with Crippen molar-refractivity contribution < 1.29 is 4.79 Å². The van der Waals surface area contributed by atoms with E-state index in [1.165, 1.54) is 0 Å². The molecule has 8 heteroatoms. The fraction of sp³-hybridized carbons (Fsp3) is 0.182. The van der Waals surface area contributed by atoms with Gasteiger partial charge in [-0.05, 0) is 50.2 Å². The van der Waals surface area contributed by atoms with Gasteiger partial charge in [-0.2, -0.15) is 5.26 Å². The van der Waals surface area contributed by atoms with E-state index < -0.39 is 5.54 Å². The first-order valence-electron chi connectivity index (χ1n) is 17.6. The lowest BCUT2D eigenvalue weighted by Crippen LogP contribution is -2.39. The molecule has 256 valence electrons. The number of nitrogens with zero attached hydrogens (tertiary/aromatic N) is 7. The summed E-state index contributed by atoms with van der Waals surface area (Å²) in [6, 6.07) is 49.8. The molecule has 5 aromatic carbocycles. The topological polar surface area (TPSA) is 102 Å². The fourth-order valence-electron chi connectivity index (χ4n) is 7.07. The van der Waals surface area contributed by atoms with Crippen LogP contribution in [0.5, 0.6) is 0 Å². The summed E-state index contributed by atoms with van der Waals surface area (Å²) in [6.07, 6.45) is 1.53. The molecule has 0 fully saturated rings. The van der Waals surface area contributed by atoms with Crippen LogP contribution >= 0.6 is 0 Å². The largest absolute Gasteiger partial charge is 0.320 e. The molecule has 52 heavy (non-hydrogen) atoms. The summed E-state index contributed by atoms with van der Waals surface area (Å²) < 4.78 is 3.88. The Bertz CT molecular complexity index is 2240. The van der Waals surface area contributed by atoms with Gasteiger partial charge in [-0.25, -0.2) is 9.67 Å². The number of hydrogen-bond acceptors (Lipinski definition) is 6. The Hall–Kier alpha value is -6.46. The third kappa shape index (κ3) is 6.11. The first-order chi connectivity index (χ1) is 25.5. The van der Waals surface area contributed by atoms with Crippen molar-refractivity contribution >= 4 is 5.78 Å². The summed E-state index contributed by atoms with van der Waals surface area (Å²) in [5, 5.41) is 23.6. The average Bonchev–Trinajstić information content (AvgIpc) is 3.82. The summed E-state index contributed by atoms with van der Waals surface area (Å²) in [4.78, 5) is 17.9. The molecule has 7 aromatic rings. The summed E-state index contributed by atoms with van der Waals surface area (Å²) >= 11 is 0. The summed E-state index contributed by atoms with van der Waals surface area (Å²) in [5.41, 5.74) is 6.64. The number of rotatable bonds is 12. The van der Waals surface area contributed by atoms with Crippen LogP contribution in [0.15, 0.2) is 140 Å². The molecule has 7 rings (SSSR count). The number of tetrazole rings is 1. The number of carbonyl (C=O) groups excluding carboxylic acids is 1. The van der Waals surface area contributed by atoms with Crippen molar-refractivity contribution in [2.24, 2.45) is 5.92 Å². The van der Waals surface area contributed by atoms with Gasteiger partial charge in [-0.3, -0.25) is 4.79 Å². The molecule has 0 saturated carbocycles. The van der Waals surface area contributed by atoms with E-state index in [1.54, 1.807) is 0 Å². The van der Waals surface area contributed by atoms with E-state index >= 15 is 0 Å². The van der Waals surface area contributed by atoms with E-state index in [0.29, 0.717) is 24.5 Å². The molecule has 0 amide bonds. The minimum absolute atomic E-state index is 0.0766. The van der Waals surface area contributed by atoms with Gasteiger partial charge in [0.05, 0.1) is 0 Å². The maximum atomic E-state index is 13.3. The normalized spacial score (nSPS) is 11.4. The molecule has 2 heterocycles. The van der Waals surface area contributed by atoms with Crippen LogP contribution in [0.4, 0.5) is 0 Å². The van der Waals surface area contributed by atoms with E-state index in [1.807, 2.05) is 89.8 Å². The molecule has 0 atom stereocenters. The lowest BCUT2D eigenvalue weighted by molar-refractivity contribution is 0.0929. The van der Waals surface area contributed by atoms with Gasteiger partial charge < -0.3 is 4.57 Å². The zero-order valence-corrected chi connectivity index (χ0v) is 29.5. The second-order valence-electron chi connectivity index (χ2n) is 13.2. The number of benzene rings is 5. The Labute approximate surface area is 304 Å². The smallest absolute Gasteiger partial charge is 0.184 e. The quantitative estimate of drug-likeness (QED) is 0.0944. The summed E-state index contributed by atoms with van der Waals surface area (Å²) in [7, 11) is 0. The highest BCUT2D eigenvalue weighted by Crippen LogP contribution is 2.43. The van der Waals surface area contributed by atoms with Gasteiger partial charge in [0.25, 0.3) is 0 Å². The first kappa shape index (κ1) is 34.0. The van der Waals surface area contributed by atoms with Gasteiger partial charge in [0.15, 0.2) is 17.3 Å². The van der Waals surface area contributed by atoms with Crippen molar-refractivity contribution in [1.82, 2.24) is 29.8 Å². The Morgan fingerprint density at radius 1 is 0.750 bits per heavy atom. The highest BCUT2D eigenvalue weighted by molar-refractivity contribution is 5.98. The summed E-state index contributed by atoms with van der Waals surface area (Å²) in [6.45, 7) is 6.21. The van der Waals surface area contributed by atoms with E-state index in [4.69, 9.17) is 10.3 Å². The highest BCUT2D eigenvalue weighted by atomic mass is 16.1. The molecule has 0 aliphatic rings. The maximum absolute atomic E-state index is 13.3. The van der Waals surface area contributed by atoms with Crippen LogP contribution in [0.1, 0.15) is 71.5 Å². The summed E-state index contributed by atoms with van der Waals surface area (Å²) in [5.74, 6) is 1.05. The van der Waals surface area contributed by atoms with Gasteiger partial charge in [0.2, 0.25) is 0 Å². The Morgan fingerprint density at radius 3 is 1.81 bits per heavy atom. The van der Waals surface area contributed by atoms with E-state index in [-0.39, 0.29) is 17.4 Å². The molecule has 0 spiro atoms. The number of aryl methyl sites for hydroxylation is 1. The predicted molar refractivity (Wildman–Crippen MR) is 203 cm³/mol. The van der Waals surface area contributed by atoms with Gasteiger partial charge in [-0.1, -0.05) is 160 Å². The van der Waals surface area contributed by atoms with Gasteiger partial charge in [0, 0.05) is 24.4 Å². The number of nitriles is 1. The number of hydrogen-bond donors (Lipinski definition) is 0. The van der Waals surface area contributed by atoms with Gasteiger partial charge >= 0.3 is 0 Å². The van der Waals surface area contributed by atoms with Crippen LogP contribution in [0.2, 0.25) is 0 Å². The fourth-order valence-corrected chi connectivity index (χ4v) is 7.07. The Balaban J connectivity index is 1.34. The third-order valence-electron chi connectivity index (χ3n) is 9.52. The van der Waals surface area contributed by atoms with Crippen LogP contribution < -0.4 is 0 Å². The molecule has 0 unspecified atom stereocenters. The van der Waals surface area contributed by atoms with Crippen molar-refractivity contribution in [3.05, 3.63) is 179 Å². The average molecular weight is 682 g/mol. The number of imidazole rings is 1. The molecule has 0 aliphatic heterocycles. The van der Waals surface area contributed by atoms with Crippen molar-refractivity contribution in [2.75, 3.05) is 0 Å². The van der Waals surface area contributed by atoms with Gasteiger partial charge in [-0.15, -0.1) is 5.10 Å². The first-order valence-corrected chi connectivity index (χ1v) is 17.6. The maximum Gasteiger partial charge on any atom is 0.184 e. The third-order valence-corrected chi connectivity index (χ3v) is 9.52. The van der Waals surface area contributed by atoms with E-state index in [2.05, 4.69) is 96.0 Å². The molecular formula is C44H39N7O. The number of carbonyl (C=O) groups is 1. The van der Waals surface area contributed by atoms with Crippen LogP contribution in [-0.2, 0) is 18.5 Å². The minimum atomic E-state index is -0.881. The lowest BCUT2D eigenvalue weighted by atomic mass is 9.77. The zero-order valence-electron chi connectivity index (χ0n) is 29.5. The Morgan fingerprint density at radius 2 is 1.29 bits per heavy atom. The SMILES string of the molecule is CCCc1nc(C#N)c(C(=O)C(C)C)n1Cc1ccc(-c2ccccc2-c2nnnn2C(c2ccccc2)(c2ccccc2)c2ccccc2)cc1. The van der Waals surface area contributed by atoms with Crippen LogP contribution in [0.3, 0.4) is 0 Å². The van der Waals surface area contributed by atoms with Crippen LogP contribution in [0.25, 0.3) is 22.5 Å². The van der Waals surface area contributed by atoms with Crippen molar-refractivity contribution in [3.63, 3.8) is 0 Å². The highest BCUT2D eigenvalue weighted by Gasteiger charge is 2.42. The van der Waals surface area contributed by atoms with Crippen LogP contribution in [0, 0.1) is 17.2 Å². The monoisotopic (exact) mass is 681 g/mol. The standard InChI is InChI=1S/C44H39N7O/c1-4-16-40-46-39(29-45)41(42(52)31(2)3)50(40)30-32-25-27-33(28-26-32)37-23-14-15-24-38(37)43-47-48-49-51(43)44(34-17-8-5-9-18-34,35-19-10-6-11-20-35)36-21-12-7-13-22-36/h5-15,17-28,31H,4,16,30H2,1-3H3. The number of Topliss-reactive ketones (excluding diaryl/α,β-unsaturated/α-hetero) is 1. The predicted octanol–water partition coefficient (Wildman–Crippen LogP) is 8.75. The lowest BCUT2D eigenvalue weighted by Gasteiger charge is -2.36. The molecule has 2 aromatic heterocycles. The molecule has 0 N–H and O–H groups in total. The molecule has 0 radical (unpaired) electrons. The second-order valence-corrected chi connectivity index (χ2v) is 13.2.